The number of nitrogens with zero attached hydrogens (tertiary/aromatic N) is 4. The van der Waals surface area contributed by atoms with E-state index in [4.69, 9.17) is 0 Å². The number of carbonyl (C=O) groups is 1. The summed E-state index contributed by atoms with van der Waals surface area (Å²) in [4.78, 5) is 21.7. The Kier molecular flexibility index (Phi) is 6.29. The quantitative estimate of drug-likeness (QED) is 0.847. The molecule has 1 aromatic heterocycles. The molecule has 1 saturated heterocycles. The van der Waals surface area contributed by atoms with Crippen molar-refractivity contribution in [3.63, 3.8) is 0 Å². The molecule has 1 N–H and O–H groups in total. The Morgan fingerprint density at radius 1 is 1.26 bits per heavy atom. The highest BCUT2D eigenvalue weighted by Gasteiger charge is 2.29. The van der Waals surface area contributed by atoms with E-state index in [1.165, 1.54) is 0 Å². The van der Waals surface area contributed by atoms with Gasteiger partial charge in [-0.3, -0.25) is 9.69 Å². The molecule has 0 bridgehead atoms. The Balaban J connectivity index is 1.69. The molecule has 1 aliphatic rings. The monoisotopic (exact) mass is 370 g/mol. The van der Waals surface area contributed by atoms with E-state index in [1.54, 1.807) is 6.20 Å². The van der Waals surface area contributed by atoms with E-state index in [0.717, 1.165) is 31.0 Å². The van der Waals surface area contributed by atoms with Gasteiger partial charge in [0.2, 0.25) is 0 Å². The number of hydrogen-bond acceptors (Lipinski definition) is 4. The fourth-order valence-corrected chi connectivity index (χ4v) is 3.80. The van der Waals surface area contributed by atoms with Crippen LogP contribution < -0.4 is 0 Å². The van der Waals surface area contributed by atoms with Gasteiger partial charge in [-0.15, -0.1) is 0 Å². The van der Waals surface area contributed by atoms with Crippen molar-refractivity contribution < 1.29 is 9.90 Å². The first-order valence-electron chi connectivity index (χ1n) is 9.71. The summed E-state index contributed by atoms with van der Waals surface area (Å²) < 4.78 is 1.96. The zero-order valence-electron chi connectivity index (χ0n) is 16.5. The topological polar surface area (TPSA) is 61.6 Å². The lowest BCUT2D eigenvalue weighted by Crippen LogP contribution is -2.55. The van der Waals surface area contributed by atoms with E-state index >= 15 is 0 Å². The normalized spacial score (nSPS) is 18.3. The fraction of sp³-hybridized carbons (Fsp3) is 0.524. The summed E-state index contributed by atoms with van der Waals surface area (Å²) in [5.74, 6) is 1.53. The predicted molar refractivity (Wildman–Crippen MR) is 106 cm³/mol. The molecule has 1 aromatic carbocycles. The highest BCUT2D eigenvalue weighted by molar-refractivity contribution is 5.94. The van der Waals surface area contributed by atoms with Crippen molar-refractivity contribution in [2.75, 3.05) is 32.8 Å². The molecule has 2 aromatic rings. The van der Waals surface area contributed by atoms with Gasteiger partial charge in [-0.2, -0.15) is 0 Å². The van der Waals surface area contributed by atoms with Crippen molar-refractivity contribution in [2.24, 2.45) is 13.0 Å². The number of amides is 1. The summed E-state index contributed by atoms with van der Waals surface area (Å²) >= 11 is 0. The molecule has 146 valence electrons. The highest BCUT2D eigenvalue weighted by Crippen LogP contribution is 2.20. The molecule has 27 heavy (non-hydrogen) atoms. The number of carbonyl (C=O) groups excluding carboxylic acids is 1. The van der Waals surface area contributed by atoms with Gasteiger partial charge in [0, 0.05) is 69.4 Å². The van der Waals surface area contributed by atoms with Crippen molar-refractivity contribution in [1.29, 1.82) is 0 Å². The first-order valence-corrected chi connectivity index (χ1v) is 9.71. The van der Waals surface area contributed by atoms with E-state index < -0.39 is 0 Å². The summed E-state index contributed by atoms with van der Waals surface area (Å²) in [6, 6.07) is 7.90. The SMILES string of the molecule is CC(C)CN1CCN(C(=O)c2ccc(-c3nccn3C)cc2)C[C@H]1CCO. The van der Waals surface area contributed by atoms with Crippen LogP contribution in [-0.2, 0) is 7.05 Å². The van der Waals surface area contributed by atoms with Crippen molar-refractivity contribution >= 4 is 5.91 Å². The number of aromatic nitrogens is 2. The molecule has 0 aliphatic carbocycles. The Morgan fingerprint density at radius 3 is 2.59 bits per heavy atom. The second-order valence-electron chi connectivity index (χ2n) is 7.75. The maximum atomic E-state index is 13.0. The molecule has 2 heterocycles. The van der Waals surface area contributed by atoms with Crippen molar-refractivity contribution in [1.82, 2.24) is 19.4 Å². The van der Waals surface area contributed by atoms with E-state index in [9.17, 15) is 9.90 Å². The molecular weight excluding hydrogens is 340 g/mol. The smallest absolute Gasteiger partial charge is 0.253 e. The van der Waals surface area contributed by atoms with Crippen LogP contribution in [0.25, 0.3) is 11.4 Å². The Labute approximate surface area is 161 Å². The minimum Gasteiger partial charge on any atom is -0.396 e. The minimum absolute atomic E-state index is 0.0635. The van der Waals surface area contributed by atoms with Gasteiger partial charge in [0.25, 0.3) is 5.91 Å². The van der Waals surface area contributed by atoms with E-state index in [0.29, 0.717) is 24.4 Å². The number of benzene rings is 1. The molecular formula is C21H30N4O2. The van der Waals surface area contributed by atoms with Crippen molar-refractivity contribution in [2.45, 2.75) is 26.3 Å². The predicted octanol–water partition coefficient (Wildman–Crippen LogP) is 2.25. The molecule has 1 amide bonds. The van der Waals surface area contributed by atoms with Crippen LogP contribution in [0.15, 0.2) is 36.7 Å². The molecule has 0 unspecified atom stereocenters. The van der Waals surface area contributed by atoms with Crippen LogP contribution in [0.1, 0.15) is 30.6 Å². The fourth-order valence-electron chi connectivity index (χ4n) is 3.80. The van der Waals surface area contributed by atoms with Crippen molar-refractivity contribution in [3.05, 3.63) is 42.2 Å². The average Bonchev–Trinajstić information content (AvgIpc) is 3.08. The van der Waals surface area contributed by atoms with Crippen LogP contribution in [0.4, 0.5) is 0 Å². The molecule has 1 fully saturated rings. The zero-order valence-corrected chi connectivity index (χ0v) is 16.5. The maximum absolute atomic E-state index is 13.0. The number of hydrogen-bond donors (Lipinski definition) is 1. The Morgan fingerprint density at radius 2 is 2.00 bits per heavy atom. The van der Waals surface area contributed by atoms with Gasteiger partial charge in [0.15, 0.2) is 0 Å². The second-order valence-corrected chi connectivity index (χ2v) is 7.75. The molecule has 1 aliphatic heterocycles. The summed E-state index contributed by atoms with van der Waals surface area (Å²) in [5.41, 5.74) is 1.70. The first-order chi connectivity index (χ1) is 13.0. The number of imidazole rings is 1. The summed E-state index contributed by atoms with van der Waals surface area (Å²) in [6.45, 7) is 7.83. The Bertz CT molecular complexity index is 754. The van der Waals surface area contributed by atoms with Crippen LogP contribution in [0.5, 0.6) is 0 Å². The van der Waals surface area contributed by atoms with E-state index in [1.807, 2.05) is 47.0 Å². The molecule has 1 atom stereocenters. The van der Waals surface area contributed by atoms with Gasteiger partial charge in [0.05, 0.1) is 0 Å². The largest absolute Gasteiger partial charge is 0.396 e. The molecule has 3 rings (SSSR count). The number of aliphatic hydroxyl groups is 1. The molecule has 0 radical (unpaired) electrons. The van der Waals surface area contributed by atoms with Crippen LogP contribution >= 0.6 is 0 Å². The van der Waals surface area contributed by atoms with Gasteiger partial charge in [-0.1, -0.05) is 26.0 Å². The van der Waals surface area contributed by atoms with E-state index in [2.05, 4.69) is 23.7 Å². The maximum Gasteiger partial charge on any atom is 0.253 e. The third kappa shape index (κ3) is 4.57. The highest BCUT2D eigenvalue weighted by atomic mass is 16.3. The zero-order chi connectivity index (χ0) is 19.4. The summed E-state index contributed by atoms with van der Waals surface area (Å²) in [6.07, 6.45) is 4.38. The van der Waals surface area contributed by atoms with Crippen molar-refractivity contribution in [3.8, 4) is 11.4 Å². The Hall–Kier alpha value is -2.18. The van der Waals surface area contributed by atoms with Gasteiger partial charge in [-0.05, 0) is 24.5 Å². The first kappa shape index (κ1) is 19.6. The van der Waals surface area contributed by atoms with Crippen LogP contribution in [0.2, 0.25) is 0 Å². The molecule has 0 saturated carbocycles. The second kappa shape index (κ2) is 8.67. The van der Waals surface area contributed by atoms with Gasteiger partial charge >= 0.3 is 0 Å². The molecule has 6 nitrogen and oxygen atoms in total. The standard InChI is InChI=1S/C21H30N4O2/c1-16(2)14-24-11-12-25(15-19(24)8-13-26)21(27)18-6-4-17(5-7-18)20-22-9-10-23(20)3/h4-7,9-10,16,19,26H,8,11-15H2,1-3H3/t19-/m1/s1. The van der Waals surface area contributed by atoms with E-state index in [-0.39, 0.29) is 18.6 Å². The molecule has 6 heteroatoms. The van der Waals surface area contributed by atoms with Gasteiger partial charge < -0.3 is 14.6 Å². The number of aryl methyl sites for hydroxylation is 1. The third-order valence-corrected chi connectivity index (χ3v) is 5.17. The lowest BCUT2D eigenvalue weighted by molar-refractivity contribution is 0.0384. The number of rotatable bonds is 6. The minimum atomic E-state index is 0.0635. The summed E-state index contributed by atoms with van der Waals surface area (Å²) in [5, 5.41) is 9.42. The lowest BCUT2D eigenvalue weighted by Gasteiger charge is -2.42. The van der Waals surface area contributed by atoms with Gasteiger partial charge in [0.1, 0.15) is 5.82 Å². The number of aliphatic hydroxyl groups excluding tert-OH is 1. The van der Waals surface area contributed by atoms with Gasteiger partial charge in [-0.25, -0.2) is 4.98 Å². The lowest BCUT2D eigenvalue weighted by atomic mass is 10.0. The van der Waals surface area contributed by atoms with Crippen LogP contribution in [0.3, 0.4) is 0 Å². The molecule has 0 spiro atoms. The number of piperazine rings is 1. The third-order valence-electron chi connectivity index (χ3n) is 5.17. The van der Waals surface area contributed by atoms with Crippen LogP contribution in [0, 0.1) is 5.92 Å². The average molecular weight is 370 g/mol. The van der Waals surface area contributed by atoms with Crippen LogP contribution in [-0.4, -0.2) is 69.2 Å². The summed E-state index contributed by atoms with van der Waals surface area (Å²) in [7, 11) is 1.96.